The molecule has 0 spiro atoms. The molecule has 1 aromatic carbocycles. The fourth-order valence-corrected chi connectivity index (χ4v) is 2.63. The lowest BCUT2D eigenvalue weighted by Crippen LogP contribution is -2.31. The number of nitrogens with zero attached hydrogens (tertiary/aromatic N) is 1. The average Bonchev–Trinajstić information content (AvgIpc) is 2.84. The van der Waals surface area contributed by atoms with Crippen molar-refractivity contribution in [2.75, 3.05) is 13.1 Å². The first kappa shape index (κ1) is 15.5. The summed E-state index contributed by atoms with van der Waals surface area (Å²) in [7, 11) is 0. The summed E-state index contributed by atoms with van der Waals surface area (Å²) in [5.74, 6) is 0.532. The van der Waals surface area contributed by atoms with Crippen LogP contribution in [0.5, 0.6) is 0 Å². The highest BCUT2D eigenvalue weighted by molar-refractivity contribution is 5.79. The summed E-state index contributed by atoms with van der Waals surface area (Å²) in [4.78, 5) is 25.5. The van der Waals surface area contributed by atoms with Gasteiger partial charge in [-0.05, 0) is 12.0 Å². The predicted octanol–water partition coefficient (Wildman–Crippen LogP) is 2.34. The fourth-order valence-electron chi connectivity index (χ4n) is 2.63. The van der Waals surface area contributed by atoms with Crippen molar-refractivity contribution in [3.05, 3.63) is 35.9 Å². The number of hydrogen-bond acceptors (Lipinski definition) is 2. The molecule has 1 aromatic rings. The van der Waals surface area contributed by atoms with Gasteiger partial charge in [-0.3, -0.25) is 9.59 Å². The molecule has 0 bridgehead atoms. The summed E-state index contributed by atoms with van der Waals surface area (Å²) < 4.78 is 0. The quantitative estimate of drug-likeness (QED) is 0.837. The van der Waals surface area contributed by atoms with Gasteiger partial charge in [0.15, 0.2) is 0 Å². The molecule has 1 heterocycles. The number of unbranched alkanes of at least 4 members (excludes halogenated alkanes) is 1. The third-order valence-corrected chi connectivity index (χ3v) is 3.86. The number of carbonyl (C=O) groups is 2. The van der Waals surface area contributed by atoms with E-state index < -0.39 is 0 Å². The van der Waals surface area contributed by atoms with Crippen LogP contribution >= 0.6 is 0 Å². The zero-order chi connectivity index (χ0) is 15.1. The number of benzene rings is 1. The normalized spacial score (nSPS) is 18.0. The highest BCUT2D eigenvalue weighted by atomic mass is 16.2. The molecule has 0 saturated carbocycles. The average molecular weight is 288 g/mol. The van der Waals surface area contributed by atoms with Crippen molar-refractivity contribution < 1.29 is 9.59 Å². The highest BCUT2D eigenvalue weighted by Crippen LogP contribution is 2.19. The maximum absolute atomic E-state index is 12.0. The van der Waals surface area contributed by atoms with Gasteiger partial charge in [0.05, 0.1) is 0 Å². The van der Waals surface area contributed by atoms with Crippen molar-refractivity contribution in [3.63, 3.8) is 0 Å². The molecule has 1 aliphatic heterocycles. The molecule has 0 aromatic heterocycles. The summed E-state index contributed by atoms with van der Waals surface area (Å²) in [6.07, 6.45) is 3.08. The van der Waals surface area contributed by atoms with Gasteiger partial charge in [-0.25, -0.2) is 0 Å². The van der Waals surface area contributed by atoms with Crippen molar-refractivity contribution in [3.8, 4) is 0 Å². The molecule has 4 heteroatoms. The molecule has 2 amide bonds. The topological polar surface area (TPSA) is 49.4 Å². The lowest BCUT2D eigenvalue weighted by Gasteiger charge is -2.17. The molecule has 1 aliphatic rings. The second-order valence-electron chi connectivity index (χ2n) is 5.74. The van der Waals surface area contributed by atoms with Crippen molar-refractivity contribution in [1.29, 1.82) is 0 Å². The number of hydrogen-bond donors (Lipinski definition) is 1. The molecule has 4 nitrogen and oxygen atoms in total. The molecule has 0 aliphatic carbocycles. The first-order chi connectivity index (χ1) is 10.2. The van der Waals surface area contributed by atoms with Gasteiger partial charge in [0.2, 0.25) is 11.8 Å². The zero-order valence-electron chi connectivity index (χ0n) is 12.7. The molecule has 1 atom stereocenters. The first-order valence-corrected chi connectivity index (χ1v) is 7.77. The molecule has 1 N–H and O–H groups in total. The number of carbonyl (C=O) groups excluding carboxylic acids is 2. The van der Waals surface area contributed by atoms with Crippen LogP contribution in [0.25, 0.3) is 0 Å². The van der Waals surface area contributed by atoms with E-state index in [1.54, 1.807) is 0 Å². The van der Waals surface area contributed by atoms with Gasteiger partial charge in [0, 0.05) is 38.4 Å². The van der Waals surface area contributed by atoms with E-state index in [0.717, 1.165) is 24.9 Å². The van der Waals surface area contributed by atoms with Crippen LogP contribution in [0, 0.1) is 5.92 Å². The van der Waals surface area contributed by atoms with Gasteiger partial charge < -0.3 is 10.2 Å². The van der Waals surface area contributed by atoms with E-state index in [0.29, 0.717) is 25.9 Å². The summed E-state index contributed by atoms with van der Waals surface area (Å²) in [5.41, 5.74) is 1.15. The van der Waals surface area contributed by atoms with E-state index in [2.05, 4.69) is 12.2 Å². The van der Waals surface area contributed by atoms with Gasteiger partial charge in [0.25, 0.3) is 0 Å². The number of nitrogens with one attached hydrogen (secondary N) is 1. The molecular formula is C17H24N2O2. The minimum Gasteiger partial charge on any atom is -0.356 e. The fraction of sp³-hybridized carbons (Fsp3) is 0.529. The Morgan fingerprint density at radius 3 is 2.81 bits per heavy atom. The largest absolute Gasteiger partial charge is 0.356 e. The number of rotatable bonds is 7. The van der Waals surface area contributed by atoms with Crippen LogP contribution in [0.2, 0.25) is 0 Å². The third-order valence-electron chi connectivity index (χ3n) is 3.86. The van der Waals surface area contributed by atoms with Gasteiger partial charge in [0.1, 0.15) is 0 Å². The van der Waals surface area contributed by atoms with Crippen LogP contribution in [0.3, 0.4) is 0 Å². The van der Waals surface area contributed by atoms with E-state index in [4.69, 9.17) is 0 Å². The minimum absolute atomic E-state index is 0.103. The minimum atomic E-state index is 0.103. The standard InChI is InChI=1S/C17H24N2O2/c1-2-3-9-16(20)18-11-15-10-17(21)19(13-15)12-14-7-5-4-6-8-14/h4-8,15H,2-3,9-13H2,1H3,(H,18,20). The molecular weight excluding hydrogens is 264 g/mol. The molecule has 2 rings (SSSR count). The Morgan fingerprint density at radius 1 is 1.33 bits per heavy atom. The van der Waals surface area contributed by atoms with Gasteiger partial charge in [-0.2, -0.15) is 0 Å². The second-order valence-corrected chi connectivity index (χ2v) is 5.74. The lowest BCUT2D eigenvalue weighted by atomic mass is 10.1. The predicted molar refractivity (Wildman–Crippen MR) is 82.5 cm³/mol. The molecule has 1 fully saturated rings. The van der Waals surface area contributed by atoms with Crippen LogP contribution in [0.15, 0.2) is 30.3 Å². The van der Waals surface area contributed by atoms with E-state index in [1.807, 2.05) is 35.2 Å². The monoisotopic (exact) mass is 288 g/mol. The van der Waals surface area contributed by atoms with E-state index >= 15 is 0 Å². The Hall–Kier alpha value is -1.84. The van der Waals surface area contributed by atoms with E-state index in [-0.39, 0.29) is 17.7 Å². The maximum atomic E-state index is 12.0. The SMILES string of the molecule is CCCCC(=O)NCC1CC(=O)N(Cc2ccccc2)C1. The summed E-state index contributed by atoms with van der Waals surface area (Å²) >= 11 is 0. The van der Waals surface area contributed by atoms with Crippen LogP contribution in [0.1, 0.15) is 38.2 Å². The van der Waals surface area contributed by atoms with Crippen LogP contribution in [-0.4, -0.2) is 29.8 Å². The third kappa shape index (κ3) is 4.88. The smallest absolute Gasteiger partial charge is 0.223 e. The summed E-state index contributed by atoms with van der Waals surface area (Å²) in [6.45, 7) is 4.09. The number of likely N-dealkylation sites (tertiary alicyclic amines) is 1. The maximum Gasteiger partial charge on any atom is 0.223 e. The zero-order valence-corrected chi connectivity index (χ0v) is 12.7. The van der Waals surface area contributed by atoms with Crippen molar-refractivity contribution in [2.24, 2.45) is 5.92 Å². The Balaban J connectivity index is 1.76. The summed E-state index contributed by atoms with van der Waals surface area (Å²) in [6, 6.07) is 10.0. The number of amides is 2. The lowest BCUT2D eigenvalue weighted by molar-refractivity contribution is -0.128. The van der Waals surface area contributed by atoms with Gasteiger partial charge in [-0.15, -0.1) is 0 Å². The molecule has 21 heavy (non-hydrogen) atoms. The Labute approximate surface area is 126 Å². The van der Waals surface area contributed by atoms with Crippen LogP contribution in [-0.2, 0) is 16.1 Å². The van der Waals surface area contributed by atoms with E-state index in [1.165, 1.54) is 0 Å². The first-order valence-electron chi connectivity index (χ1n) is 7.77. The van der Waals surface area contributed by atoms with Crippen molar-refractivity contribution >= 4 is 11.8 Å². The molecule has 1 saturated heterocycles. The Morgan fingerprint density at radius 2 is 2.10 bits per heavy atom. The van der Waals surface area contributed by atoms with Gasteiger partial charge >= 0.3 is 0 Å². The second kappa shape index (κ2) is 7.81. The Bertz CT molecular complexity index is 473. The highest BCUT2D eigenvalue weighted by Gasteiger charge is 2.29. The van der Waals surface area contributed by atoms with Crippen LogP contribution < -0.4 is 5.32 Å². The van der Waals surface area contributed by atoms with Crippen molar-refractivity contribution in [2.45, 2.75) is 39.2 Å². The molecule has 1 unspecified atom stereocenters. The van der Waals surface area contributed by atoms with E-state index in [9.17, 15) is 9.59 Å². The summed E-state index contributed by atoms with van der Waals surface area (Å²) in [5, 5.41) is 2.95. The molecule has 114 valence electrons. The van der Waals surface area contributed by atoms with Crippen molar-refractivity contribution in [1.82, 2.24) is 10.2 Å². The van der Waals surface area contributed by atoms with Crippen LogP contribution in [0.4, 0.5) is 0 Å². The Kier molecular flexibility index (Phi) is 5.78. The molecule has 0 radical (unpaired) electrons. The van der Waals surface area contributed by atoms with Gasteiger partial charge in [-0.1, -0.05) is 43.7 Å².